The zero-order valence-corrected chi connectivity index (χ0v) is 16.0. The molecule has 0 saturated carbocycles. The Kier molecular flexibility index (Phi) is 5.23. The van der Waals surface area contributed by atoms with Gasteiger partial charge in [-0.25, -0.2) is 0 Å². The zero-order valence-electron chi connectivity index (χ0n) is 15.3. The number of anilines is 1. The highest BCUT2D eigenvalue weighted by Gasteiger charge is 2.19. The number of nitrogens with one attached hydrogen (secondary N) is 1. The van der Waals surface area contributed by atoms with Crippen LogP contribution in [-0.2, 0) is 0 Å². The first kappa shape index (κ1) is 19.3. The Morgan fingerprint density at radius 1 is 1.00 bits per heavy atom. The fourth-order valence-electron chi connectivity index (χ4n) is 2.85. The third kappa shape index (κ3) is 3.89. The molecule has 4 rings (SSSR count). The first-order valence-corrected chi connectivity index (χ1v) is 9.14. The highest BCUT2D eigenvalue weighted by molar-refractivity contribution is 6.33. The van der Waals surface area contributed by atoms with Crippen LogP contribution in [0.15, 0.2) is 77.3 Å². The van der Waals surface area contributed by atoms with E-state index in [0.29, 0.717) is 27.7 Å². The molecule has 1 N–H and O–H groups in total. The Labute approximate surface area is 175 Å². The Bertz CT molecular complexity index is 1260. The minimum Gasteiger partial charge on any atom is -0.334 e. The standard InChI is InChI=1S/C21H13ClN4O4/c22-18-11-4-3-10-17(18)19-24-21(30-25-19)16-9-2-1-8-15(16)20(27)23-13-6-5-7-14(12-13)26(28)29/h1-12H,(H,23,27). The number of nitro benzene ring substituents is 1. The molecule has 148 valence electrons. The molecule has 1 amide bonds. The molecule has 0 atom stereocenters. The van der Waals surface area contributed by atoms with Gasteiger partial charge in [-0.05, 0) is 30.3 Å². The molecule has 0 fully saturated rings. The van der Waals surface area contributed by atoms with Crippen molar-refractivity contribution in [3.8, 4) is 22.8 Å². The summed E-state index contributed by atoms with van der Waals surface area (Å²) >= 11 is 6.19. The van der Waals surface area contributed by atoms with Crippen LogP contribution in [0.4, 0.5) is 11.4 Å². The maximum Gasteiger partial charge on any atom is 0.271 e. The smallest absolute Gasteiger partial charge is 0.271 e. The number of nitrogens with zero attached hydrogens (tertiary/aromatic N) is 3. The van der Waals surface area contributed by atoms with Gasteiger partial charge in [0, 0.05) is 23.4 Å². The van der Waals surface area contributed by atoms with E-state index in [1.54, 1.807) is 54.6 Å². The normalized spacial score (nSPS) is 10.6. The summed E-state index contributed by atoms with van der Waals surface area (Å²) in [6.45, 7) is 0. The van der Waals surface area contributed by atoms with Gasteiger partial charge in [0.1, 0.15) is 0 Å². The highest BCUT2D eigenvalue weighted by Crippen LogP contribution is 2.29. The molecule has 3 aromatic carbocycles. The van der Waals surface area contributed by atoms with Crippen molar-refractivity contribution >= 4 is 28.9 Å². The van der Waals surface area contributed by atoms with Crippen LogP contribution in [0.1, 0.15) is 10.4 Å². The van der Waals surface area contributed by atoms with Crippen LogP contribution in [0.5, 0.6) is 0 Å². The number of halogens is 1. The second-order valence-corrected chi connectivity index (χ2v) is 6.62. The molecular formula is C21H13ClN4O4. The number of carbonyl (C=O) groups excluding carboxylic acids is 1. The summed E-state index contributed by atoms with van der Waals surface area (Å²) in [6, 6.07) is 19.5. The minimum absolute atomic E-state index is 0.123. The number of carbonyl (C=O) groups is 1. The van der Waals surface area contributed by atoms with Gasteiger partial charge in [-0.15, -0.1) is 0 Å². The van der Waals surface area contributed by atoms with Crippen LogP contribution in [0.3, 0.4) is 0 Å². The van der Waals surface area contributed by atoms with Gasteiger partial charge in [-0.2, -0.15) is 4.98 Å². The van der Waals surface area contributed by atoms with Crippen LogP contribution in [0.2, 0.25) is 5.02 Å². The second-order valence-electron chi connectivity index (χ2n) is 6.21. The maximum absolute atomic E-state index is 12.8. The minimum atomic E-state index is -0.529. The molecule has 0 spiro atoms. The van der Waals surface area contributed by atoms with Crippen molar-refractivity contribution in [2.24, 2.45) is 0 Å². The lowest BCUT2D eigenvalue weighted by molar-refractivity contribution is -0.384. The van der Waals surface area contributed by atoms with Gasteiger partial charge in [0.15, 0.2) is 0 Å². The molecule has 0 aliphatic heterocycles. The first-order chi connectivity index (χ1) is 14.5. The fourth-order valence-corrected chi connectivity index (χ4v) is 3.07. The number of rotatable bonds is 5. The third-order valence-corrected chi connectivity index (χ3v) is 4.59. The molecule has 1 aromatic heterocycles. The summed E-state index contributed by atoms with van der Waals surface area (Å²) in [4.78, 5) is 27.6. The van der Waals surface area contributed by atoms with E-state index in [1.807, 2.05) is 0 Å². The molecule has 0 aliphatic rings. The van der Waals surface area contributed by atoms with E-state index in [-0.39, 0.29) is 17.1 Å². The predicted octanol–water partition coefficient (Wildman–Crippen LogP) is 5.22. The lowest BCUT2D eigenvalue weighted by Crippen LogP contribution is -2.13. The van der Waals surface area contributed by atoms with Crippen LogP contribution in [-0.4, -0.2) is 21.0 Å². The van der Waals surface area contributed by atoms with Crippen molar-refractivity contribution in [1.82, 2.24) is 10.1 Å². The van der Waals surface area contributed by atoms with E-state index in [2.05, 4.69) is 15.5 Å². The lowest BCUT2D eigenvalue weighted by atomic mass is 10.1. The molecular weight excluding hydrogens is 408 g/mol. The molecule has 0 saturated heterocycles. The predicted molar refractivity (Wildman–Crippen MR) is 111 cm³/mol. The van der Waals surface area contributed by atoms with E-state index in [1.165, 1.54) is 18.2 Å². The molecule has 4 aromatic rings. The molecule has 0 aliphatic carbocycles. The number of hydrogen-bond donors (Lipinski definition) is 1. The van der Waals surface area contributed by atoms with Gasteiger partial charge in [0.05, 0.1) is 21.1 Å². The summed E-state index contributed by atoms with van der Waals surface area (Å²) < 4.78 is 5.36. The van der Waals surface area contributed by atoms with E-state index in [4.69, 9.17) is 16.1 Å². The van der Waals surface area contributed by atoms with Gasteiger partial charge in [0.25, 0.3) is 17.5 Å². The maximum atomic E-state index is 12.8. The Hall–Kier alpha value is -4.04. The average molecular weight is 421 g/mol. The summed E-state index contributed by atoms with van der Waals surface area (Å²) in [5.41, 5.74) is 1.48. The number of nitro groups is 1. The van der Waals surface area contributed by atoms with Gasteiger partial charge < -0.3 is 9.84 Å². The van der Waals surface area contributed by atoms with Crippen molar-refractivity contribution in [1.29, 1.82) is 0 Å². The summed E-state index contributed by atoms with van der Waals surface area (Å²) in [5.74, 6) is -0.0252. The highest BCUT2D eigenvalue weighted by atomic mass is 35.5. The average Bonchev–Trinajstić information content (AvgIpc) is 3.24. The number of non-ortho nitro benzene ring substituents is 1. The number of aromatic nitrogens is 2. The third-order valence-electron chi connectivity index (χ3n) is 4.26. The Morgan fingerprint density at radius 2 is 1.73 bits per heavy atom. The SMILES string of the molecule is O=C(Nc1cccc([N+](=O)[O-])c1)c1ccccc1-c1nc(-c2ccccc2Cl)no1. The van der Waals surface area contributed by atoms with E-state index in [9.17, 15) is 14.9 Å². The van der Waals surface area contributed by atoms with Gasteiger partial charge >= 0.3 is 0 Å². The number of benzene rings is 3. The van der Waals surface area contributed by atoms with E-state index >= 15 is 0 Å². The van der Waals surface area contributed by atoms with Crippen LogP contribution in [0, 0.1) is 10.1 Å². The topological polar surface area (TPSA) is 111 Å². The van der Waals surface area contributed by atoms with Crippen LogP contribution in [0.25, 0.3) is 22.8 Å². The molecule has 0 bridgehead atoms. The monoisotopic (exact) mass is 420 g/mol. The van der Waals surface area contributed by atoms with Crippen LogP contribution >= 0.6 is 11.6 Å². The van der Waals surface area contributed by atoms with Gasteiger partial charge in [0.2, 0.25) is 5.82 Å². The summed E-state index contributed by atoms with van der Waals surface area (Å²) in [7, 11) is 0. The molecule has 0 radical (unpaired) electrons. The van der Waals surface area contributed by atoms with Gasteiger partial charge in [-0.1, -0.05) is 47.1 Å². The lowest BCUT2D eigenvalue weighted by Gasteiger charge is -2.07. The molecule has 0 unspecified atom stereocenters. The van der Waals surface area contributed by atoms with Crippen molar-refractivity contribution in [2.75, 3.05) is 5.32 Å². The van der Waals surface area contributed by atoms with Crippen molar-refractivity contribution < 1.29 is 14.2 Å². The summed E-state index contributed by atoms with van der Waals surface area (Å²) in [6.07, 6.45) is 0. The molecule has 1 heterocycles. The van der Waals surface area contributed by atoms with Crippen molar-refractivity contribution in [2.45, 2.75) is 0 Å². The van der Waals surface area contributed by atoms with Crippen molar-refractivity contribution in [3.05, 3.63) is 93.5 Å². The largest absolute Gasteiger partial charge is 0.334 e. The number of amides is 1. The van der Waals surface area contributed by atoms with Crippen LogP contribution < -0.4 is 5.32 Å². The van der Waals surface area contributed by atoms with Gasteiger partial charge in [-0.3, -0.25) is 14.9 Å². The fraction of sp³-hybridized carbons (Fsp3) is 0. The van der Waals surface area contributed by atoms with E-state index < -0.39 is 10.8 Å². The molecule has 9 heteroatoms. The summed E-state index contributed by atoms with van der Waals surface area (Å²) in [5, 5.41) is 18.0. The molecule has 8 nitrogen and oxygen atoms in total. The van der Waals surface area contributed by atoms with E-state index in [0.717, 1.165) is 0 Å². The zero-order chi connectivity index (χ0) is 21.1. The molecule has 30 heavy (non-hydrogen) atoms. The Balaban J connectivity index is 1.65. The van der Waals surface area contributed by atoms with Crippen molar-refractivity contribution in [3.63, 3.8) is 0 Å². The Morgan fingerprint density at radius 3 is 2.50 bits per heavy atom. The quantitative estimate of drug-likeness (QED) is 0.350. The second kappa shape index (κ2) is 8.14. The number of hydrogen-bond acceptors (Lipinski definition) is 6. The first-order valence-electron chi connectivity index (χ1n) is 8.77.